The number of amides is 1. The Morgan fingerprint density at radius 3 is 2.42 bits per heavy atom. The number of piperidine rings is 1. The van der Waals surface area contributed by atoms with Gasteiger partial charge in [0.25, 0.3) is 0 Å². The lowest BCUT2D eigenvalue weighted by molar-refractivity contribution is -0.126. The van der Waals surface area contributed by atoms with Crippen LogP contribution < -0.4 is 14.8 Å². The van der Waals surface area contributed by atoms with Gasteiger partial charge in [0.1, 0.15) is 4.90 Å². The number of hydrogen-bond acceptors (Lipinski definition) is 5. The molecule has 1 aliphatic rings. The zero-order valence-electron chi connectivity index (χ0n) is 17.2. The number of carbonyl (C=O) groups excluding carboxylic acids is 1. The van der Waals surface area contributed by atoms with Crippen molar-refractivity contribution in [2.75, 3.05) is 27.3 Å². The number of benzene rings is 2. The first-order chi connectivity index (χ1) is 14.8. The Hall–Kier alpha value is -2.00. The standard InChI is InChI=1S/C21H24Cl2N2O5S/c1-29-17-7-6-14(12-18(17)30-2)13-24-21(26)15-8-10-25(11-9-15)31(27,28)19-5-3-4-16(22)20(19)23/h3-7,12,15H,8-11,13H2,1-2H3,(H,24,26). The van der Waals surface area contributed by atoms with Gasteiger partial charge in [0.05, 0.1) is 24.3 Å². The highest BCUT2D eigenvalue weighted by Gasteiger charge is 2.33. The van der Waals surface area contributed by atoms with E-state index in [9.17, 15) is 13.2 Å². The number of methoxy groups -OCH3 is 2. The molecule has 1 saturated heterocycles. The summed E-state index contributed by atoms with van der Waals surface area (Å²) in [5.74, 6) is 0.840. The zero-order valence-corrected chi connectivity index (χ0v) is 19.6. The summed E-state index contributed by atoms with van der Waals surface area (Å²) in [5, 5.41) is 3.12. The van der Waals surface area contributed by atoms with Gasteiger partial charge in [0, 0.05) is 25.6 Å². The van der Waals surface area contributed by atoms with Crippen molar-refractivity contribution in [3.05, 3.63) is 52.0 Å². The molecular weight excluding hydrogens is 463 g/mol. The number of rotatable bonds is 7. The molecule has 0 spiro atoms. The molecule has 2 aromatic rings. The van der Waals surface area contributed by atoms with Gasteiger partial charge in [-0.25, -0.2) is 8.42 Å². The van der Waals surface area contributed by atoms with Gasteiger partial charge in [-0.05, 0) is 42.7 Å². The first kappa shape index (κ1) is 23.7. The van der Waals surface area contributed by atoms with Gasteiger partial charge in [0.15, 0.2) is 11.5 Å². The van der Waals surface area contributed by atoms with E-state index < -0.39 is 10.0 Å². The predicted octanol–water partition coefficient (Wildman–Crippen LogP) is 3.73. The summed E-state index contributed by atoms with van der Waals surface area (Å²) in [4.78, 5) is 12.6. The summed E-state index contributed by atoms with van der Waals surface area (Å²) in [6.07, 6.45) is 0.852. The third-order valence-corrected chi connectivity index (χ3v) is 8.15. The van der Waals surface area contributed by atoms with E-state index in [1.165, 1.54) is 16.4 Å². The number of halogens is 2. The van der Waals surface area contributed by atoms with Crippen molar-refractivity contribution >= 4 is 39.1 Å². The lowest BCUT2D eigenvalue weighted by Gasteiger charge is -2.30. The number of ether oxygens (including phenoxy) is 2. The van der Waals surface area contributed by atoms with Crippen LogP contribution in [0.4, 0.5) is 0 Å². The molecule has 0 radical (unpaired) electrons. The Morgan fingerprint density at radius 1 is 1.10 bits per heavy atom. The molecule has 31 heavy (non-hydrogen) atoms. The number of nitrogens with zero attached hydrogens (tertiary/aromatic N) is 1. The summed E-state index contributed by atoms with van der Waals surface area (Å²) in [6, 6.07) is 9.97. The van der Waals surface area contributed by atoms with E-state index in [4.69, 9.17) is 32.7 Å². The fourth-order valence-corrected chi connectivity index (χ4v) is 5.71. The Morgan fingerprint density at radius 2 is 1.77 bits per heavy atom. The van der Waals surface area contributed by atoms with Crippen LogP contribution in [0.15, 0.2) is 41.3 Å². The fourth-order valence-electron chi connectivity index (χ4n) is 3.50. The molecule has 3 rings (SSSR count). The minimum atomic E-state index is -3.77. The van der Waals surface area contributed by atoms with Crippen molar-refractivity contribution in [3.8, 4) is 11.5 Å². The molecule has 0 bridgehead atoms. The molecule has 0 atom stereocenters. The molecule has 0 unspecified atom stereocenters. The highest BCUT2D eigenvalue weighted by molar-refractivity contribution is 7.89. The summed E-state index contributed by atoms with van der Waals surface area (Å²) >= 11 is 12.1. The van der Waals surface area contributed by atoms with E-state index in [1.807, 2.05) is 12.1 Å². The number of hydrogen-bond donors (Lipinski definition) is 1. The molecular formula is C21H24Cl2N2O5S. The molecule has 0 aliphatic carbocycles. The summed E-state index contributed by atoms with van der Waals surface area (Å²) in [7, 11) is -0.659. The maximum absolute atomic E-state index is 12.9. The van der Waals surface area contributed by atoms with Crippen LogP contribution in [0.5, 0.6) is 11.5 Å². The summed E-state index contributed by atoms with van der Waals surface area (Å²) < 4.78 is 37.7. The highest BCUT2D eigenvalue weighted by Crippen LogP contribution is 2.33. The molecule has 1 fully saturated rings. The van der Waals surface area contributed by atoms with Gasteiger partial charge >= 0.3 is 0 Å². The highest BCUT2D eigenvalue weighted by atomic mass is 35.5. The number of carbonyl (C=O) groups is 1. The Bertz CT molecular complexity index is 1050. The predicted molar refractivity (Wildman–Crippen MR) is 119 cm³/mol. The SMILES string of the molecule is COc1ccc(CNC(=O)C2CCN(S(=O)(=O)c3cccc(Cl)c3Cl)CC2)cc1OC. The van der Waals surface area contributed by atoms with Crippen LogP contribution in [0.3, 0.4) is 0 Å². The van der Waals surface area contributed by atoms with Crippen molar-refractivity contribution < 1.29 is 22.7 Å². The van der Waals surface area contributed by atoms with Crippen molar-refractivity contribution in [2.45, 2.75) is 24.3 Å². The van der Waals surface area contributed by atoms with E-state index in [-0.39, 0.29) is 39.9 Å². The first-order valence-corrected chi connectivity index (χ1v) is 11.9. The lowest BCUT2D eigenvalue weighted by Crippen LogP contribution is -2.42. The third-order valence-electron chi connectivity index (χ3n) is 5.27. The number of sulfonamides is 1. The fraction of sp³-hybridized carbons (Fsp3) is 0.381. The molecule has 1 aliphatic heterocycles. The normalized spacial score (nSPS) is 15.5. The van der Waals surface area contributed by atoms with E-state index in [1.54, 1.807) is 26.4 Å². The topological polar surface area (TPSA) is 84.9 Å². The van der Waals surface area contributed by atoms with E-state index in [0.29, 0.717) is 30.9 Å². The smallest absolute Gasteiger partial charge is 0.244 e. The van der Waals surface area contributed by atoms with Crippen LogP contribution in [0.25, 0.3) is 0 Å². The average molecular weight is 487 g/mol. The monoisotopic (exact) mass is 486 g/mol. The minimum Gasteiger partial charge on any atom is -0.493 e. The van der Waals surface area contributed by atoms with Gasteiger partial charge in [0.2, 0.25) is 15.9 Å². The van der Waals surface area contributed by atoms with Crippen molar-refractivity contribution in [2.24, 2.45) is 5.92 Å². The summed E-state index contributed by atoms with van der Waals surface area (Å²) in [5.41, 5.74) is 0.876. The molecule has 0 saturated carbocycles. The number of nitrogens with one attached hydrogen (secondary N) is 1. The minimum absolute atomic E-state index is 0.0129. The molecule has 1 amide bonds. The van der Waals surface area contributed by atoms with Gasteiger partial charge in [-0.15, -0.1) is 0 Å². The second kappa shape index (κ2) is 10.1. The molecule has 1 N–H and O–H groups in total. The molecule has 168 valence electrons. The quantitative estimate of drug-likeness (QED) is 0.644. The first-order valence-electron chi connectivity index (χ1n) is 9.70. The summed E-state index contributed by atoms with van der Waals surface area (Å²) in [6.45, 7) is 0.815. The Labute approximate surface area is 192 Å². The molecule has 10 heteroatoms. The van der Waals surface area contributed by atoms with Gasteiger partial charge in [-0.3, -0.25) is 4.79 Å². The van der Waals surface area contributed by atoms with Gasteiger partial charge < -0.3 is 14.8 Å². The van der Waals surface area contributed by atoms with Crippen LogP contribution in [-0.2, 0) is 21.4 Å². The van der Waals surface area contributed by atoms with Crippen molar-refractivity contribution in [1.29, 1.82) is 0 Å². The van der Waals surface area contributed by atoms with E-state index >= 15 is 0 Å². The van der Waals surface area contributed by atoms with E-state index in [0.717, 1.165) is 5.56 Å². The second-order valence-electron chi connectivity index (χ2n) is 7.14. The largest absolute Gasteiger partial charge is 0.493 e. The molecule has 2 aromatic carbocycles. The van der Waals surface area contributed by atoms with Crippen molar-refractivity contribution in [1.82, 2.24) is 9.62 Å². The van der Waals surface area contributed by atoms with Gasteiger partial charge in [-0.1, -0.05) is 35.3 Å². The van der Waals surface area contributed by atoms with E-state index in [2.05, 4.69) is 5.32 Å². The van der Waals surface area contributed by atoms with Crippen LogP contribution in [0.2, 0.25) is 10.0 Å². The van der Waals surface area contributed by atoms with Crippen LogP contribution >= 0.6 is 23.2 Å². The average Bonchev–Trinajstić information content (AvgIpc) is 2.78. The molecule has 7 nitrogen and oxygen atoms in total. The Kier molecular flexibility index (Phi) is 7.69. The van der Waals surface area contributed by atoms with Crippen LogP contribution in [0, 0.1) is 5.92 Å². The third kappa shape index (κ3) is 5.26. The zero-order chi connectivity index (χ0) is 22.6. The molecule has 1 heterocycles. The maximum Gasteiger partial charge on any atom is 0.244 e. The Balaban J connectivity index is 1.58. The van der Waals surface area contributed by atoms with Gasteiger partial charge in [-0.2, -0.15) is 4.31 Å². The van der Waals surface area contributed by atoms with Crippen LogP contribution in [-0.4, -0.2) is 45.9 Å². The molecule has 0 aromatic heterocycles. The van der Waals surface area contributed by atoms with Crippen molar-refractivity contribution in [3.63, 3.8) is 0 Å². The lowest BCUT2D eigenvalue weighted by atomic mass is 9.97. The maximum atomic E-state index is 12.9. The van der Waals surface area contributed by atoms with Crippen LogP contribution in [0.1, 0.15) is 18.4 Å². The second-order valence-corrected chi connectivity index (χ2v) is 9.83.